The molecule has 32 heavy (non-hydrogen) atoms. The fourth-order valence-electron chi connectivity index (χ4n) is 3.57. The van der Waals surface area contributed by atoms with Crippen molar-refractivity contribution in [1.82, 2.24) is 29.1 Å². The molecule has 9 heteroatoms. The second-order valence-corrected chi connectivity index (χ2v) is 7.80. The highest BCUT2D eigenvalue weighted by Gasteiger charge is 2.15. The first kappa shape index (κ1) is 20.0. The highest BCUT2D eigenvalue weighted by atomic mass is 35.5. The Bertz CT molecular complexity index is 1420. The van der Waals surface area contributed by atoms with E-state index in [2.05, 4.69) is 20.3 Å². The predicted molar refractivity (Wildman–Crippen MR) is 125 cm³/mol. The molecule has 0 aliphatic rings. The Morgan fingerprint density at radius 2 is 1.81 bits per heavy atom. The minimum Gasteiger partial charge on any atom is -0.494 e. The van der Waals surface area contributed by atoms with Gasteiger partial charge in [0.25, 0.3) is 0 Å². The normalized spacial score (nSPS) is 11.1. The van der Waals surface area contributed by atoms with Gasteiger partial charge < -0.3 is 19.2 Å². The number of fused-ring (bicyclic) bond motifs is 1. The lowest BCUT2D eigenvalue weighted by Gasteiger charge is -2.13. The van der Waals surface area contributed by atoms with Crippen LogP contribution in [0.5, 0.6) is 5.75 Å². The number of aromatic nitrogens is 6. The third-order valence-electron chi connectivity index (χ3n) is 5.11. The number of hydrogen-bond acceptors (Lipinski definition) is 6. The van der Waals surface area contributed by atoms with Crippen molar-refractivity contribution < 1.29 is 4.74 Å². The number of hydrogen-bond donors (Lipinski definition) is 1. The summed E-state index contributed by atoms with van der Waals surface area (Å²) in [5, 5.41) is 3.95. The molecule has 8 nitrogen and oxygen atoms in total. The van der Waals surface area contributed by atoms with Gasteiger partial charge in [-0.3, -0.25) is 0 Å². The maximum atomic E-state index is 6.07. The number of anilines is 2. The van der Waals surface area contributed by atoms with Gasteiger partial charge in [-0.15, -0.1) is 0 Å². The number of aryl methyl sites for hydroxylation is 2. The molecule has 0 radical (unpaired) electrons. The van der Waals surface area contributed by atoms with Gasteiger partial charge in [-0.1, -0.05) is 23.7 Å². The number of nitrogens with one attached hydrogen (secondary N) is 1. The molecular formula is C23H20ClN7O. The summed E-state index contributed by atoms with van der Waals surface area (Å²) in [5.74, 6) is 1.14. The van der Waals surface area contributed by atoms with Crippen LogP contribution in [0.4, 0.5) is 11.6 Å². The van der Waals surface area contributed by atoms with E-state index >= 15 is 0 Å². The molecule has 0 spiro atoms. The highest BCUT2D eigenvalue weighted by molar-refractivity contribution is 6.30. The number of benzene rings is 2. The molecule has 0 aliphatic heterocycles. The van der Waals surface area contributed by atoms with E-state index in [1.54, 1.807) is 19.8 Å². The zero-order valence-corrected chi connectivity index (χ0v) is 18.5. The molecule has 5 aromatic rings. The first-order chi connectivity index (χ1) is 15.5. The molecule has 0 bridgehead atoms. The number of halogens is 1. The third-order valence-corrected chi connectivity index (χ3v) is 5.37. The molecule has 2 aromatic carbocycles. The average Bonchev–Trinajstić information content (AvgIpc) is 3.39. The summed E-state index contributed by atoms with van der Waals surface area (Å²) >= 11 is 6.07. The quantitative estimate of drug-likeness (QED) is 0.413. The smallest absolute Gasteiger partial charge is 0.229 e. The number of imidazole rings is 2. The van der Waals surface area contributed by atoms with Crippen molar-refractivity contribution in [2.75, 3.05) is 12.4 Å². The lowest BCUT2D eigenvalue weighted by molar-refractivity contribution is 0.413. The van der Waals surface area contributed by atoms with Crippen LogP contribution < -0.4 is 10.1 Å². The van der Waals surface area contributed by atoms with Crippen LogP contribution in [0, 0.1) is 6.92 Å². The number of ether oxygens (including phenoxy) is 1. The van der Waals surface area contributed by atoms with Crippen LogP contribution in [0.3, 0.4) is 0 Å². The fraction of sp³-hybridized carbons (Fsp3) is 0.130. The Hall–Kier alpha value is -3.91. The van der Waals surface area contributed by atoms with Crippen LogP contribution in [-0.4, -0.2) is 36.2 Å². The van der Waals surface area contributed by atoms with Crippen LogP contribution in [-0.2, 0) is 7.05 Å². The summed E-state index contributed by atoms with van der Waals surface area (Å²) in [5.41, 5.74) is 5.76. The maximum absolute atomic E-state index is 6.07. The molecule has 0 saturated carbocycles. The molecule has 1 N–H and O–H groups in total. The first-order valence-electron chi connectivity index (χ1n) is 9.93. The molecule has 0 atom stereocenters. The van der Waals surface area contributed by atoms with Crippen molar-refractivity contribution in [3.8, 4) is 22.7 Å². The van der Waals surface area contributed by atoms with E-state index < -0.39 is 0 Å². The summed E-state index contributed by atoms with van der Waals surface area (Å²) < 4.78 is 9.44. The second-order valence-electron chi connectivity index (χ2n) is 7.36. The van der Waals surface area contributed by atoms with Gasteiger partial charge >= 0.3 is 0 Å². The summed E-state index contributed by atoms with van der Waals surface area (Å²) in [4.78, 5) is 18.1. The topological polar surface area (TPSA) is 82.7 Å². The van der Waals surface area contributed by atoms with Crippen molar-refractivity contribution >= 4 is 34.4 Å². The van der Waals surface area contributed by atoms with E-state index in [1.165, 1.54) is 0 Å². The Morgan fingerprint density at radius 1 is 1.00 bits per heavy atom. The molecule has 0 amide bonds. The number of rotatable bonds is 5. The molecule has 5 rings (SSSR count). The van der Waals surface area contributed by atoms with Gasteiger partial charge in [0.05, 0.1) is 31.1 Å². The van der Waals surface area contributed by atoms with Crippen molar-refractivity contribution in [2.24, 2.45) is 7.05 Å². The van der Waals surface area contributed by atoms with Gasteiger partial charge in [-0.05, 0) is 31.2 Å². The zero-order valence-electron chi connectivity index (χ0n) is 17.7. The Morgan fingerprint density at radius 3 is 2.53 bits per heavy atom. The van der Waals surface area contributed by atoms with Crippen molar-refractivity contribution in [3.05, 3.63) is 72.0 Å². The Kier molecular flexibility index (Phi) is 4.99. The molecule has 0 saturated heterocycles. The largest absolute Gasteiger partial charge is 0.494 e. The van der Waals surface area contributed by atoms with Gasteiger partial charge in [-0.2, -0.15) is 4.98 Å². The summed E-state index contributed by atoms with van der Waals surface area (Å²) in [6.07, 6.45) is 5.44. The highest BCUT2D eigenvalue weighted by Crippen LogP contribution is 2.31. The zero-order chi connectivity index (χ0) is 22.2. The van der Waals surface area contributed by atoms with Gasteiger partial charge in [0.15, 0.2) is 5.65 Å². The van der Waals surface area contributed by atoms with Gasteiger partial charge in [-0.25, -0.2) is 15.0 Å². The third kappa shape index (κ3) is 3.65. The van der Waals surface area contributed by atoms with Crippen LogP contribution in [0.2, 0.25) is 5.02 Å². The maximum Gasteiger partial charge on any atom is 0.229 e. The molecule has 0 fully saturated rings. The first-order valence-corrected chi connectivity index (χ1v) is 10.3. The monoisotopic (exact) mass is 445 g/mol. The van der Waals surface area contributed by atoms with Crippen LogP contribution in [0.1, 0.15) is 5.69 Å². The summed E-state index contributed by atoms with van der Waals surface area (Å²) in [6.45, 7) is 1.95. The van der Waals surface area contributed by atoms with Gasteiger partial charge in [0, 0.05) is 35.6 Å². The minimum absolute atomic E-state index is 0.439. The Labute approximate surface area is 189 Å². The second kappa shape index (κ2) is 7.97. The lowest BCUT2D eigenvalue weighted by Crippen LogP contribution is -2.02. The van der Waals surface area contributed by atoms with E-state index in [0.29, 0.717) is 22.4 Å². The van der Waals surface area contributed by atoms with E-state index in [-0.39, 0.29) is 0 Å². The van der Waals surface area contributed by atoms with Gasteiger partial charge in [0.1, 0.15) is 17.0 Å². The van der Waals surface area contributed by atoms with Crippen LogP contribution in [0.15, 0.2) is 61.3 Å². The lowest BCUT2D eigenvalue weighted by atomic mass is 10.1. The summed E-state index contributed by atoms with van der Waals surface area (Å²) in [7, 11) is 3.56. The SMILES string of the molecule is COc1cc(Nc2nc(-c3ccc(Cl)cc3)c3c(ncn3C)n2)ccc1-n1cnc(C)c1. The molecule has 160 valence electrons. The molecular weight excluding hydrogens is 426 g/mol. The standard InChI is InChI=1S/C23H20ClN7O/c1-14-11-31(13-25-14)18-9-8-17(10-19(18)32-3)27-23-28-20(15-4-6-16(24)7-5-15)21-22(29-23)26-12-30(21)2/h4-13H,1-3H3,(H,27,28,29). The van der Waals surface area contributed by atoms with Crippen molar-refractivity contribution in [1.29, 1.82) is 0 Å². The van der Waals surface area contributed by atoms with E-state index in [0.717, 1.165) is 33.8 Å². The van der Waals surface area contributed by atoms with Crippen LogP contribution >= 0.6 is 11.6 Å². The molecule has 0 aliphatic carbocycles. The number of methoxy groups -OCH3 is 1. The average molecular weight is 446 g/mol. The molecule has 3 heterocycles. The van der Waals surface area contributed by atoms with Crippen molar-refractivity contribution in [3.63, 3.8) is 0 Å². The fourth-order valence-corrected chi connectivity index (χ4v) is 3.70. The molecule has 0 unspecified atom stereocenters. The summed E-state index contributed by atoms with van der Waals surface area (Å²) in [6, 6.07) is 13.4. The van der Waals surface area contributed by atoms with Crippen LogP contribution in [0.25, 0.3) is 28.1 Å². The van der Waals surface area contributed by atoms with E-state index in [4.69, 9.17) is 21.3 Å². The molecule has 3 aromatic heterocycles. The van der Waals surface area contributed by atoms with E-state index in [9.17, 15) is 0 Å². The van der Waals surface area contributed by atoms with Crippen molar-refractivity contribution in [2.45, 2.75) is 6.92 Å². The minimum atomic E-state index is 0.439. The Balaban J connectivity index is 1.55. The van der Waals surface area contributed by atoms with Gasteiger partial charge in [0.2, 0.25) is 5.95 Å². The predicted octanol–water partition coefficient (Wildman–Crippen LogP) is 4.93. The van der Waals surface area contributed by atoms with E-state index in [1.807, 2.05) is 71.8 Å². The number of nitrogens with zero attached hydrogens (tertiary/aromatic N) is 6.